The molecule has 26 heavy (non-hydrogen) atoms. The van der Waals surface area contributed by atoms with Crippen LogP contribution in [0.4, 0.5) is 0 Å². The molecule has 1 aliphatic rings. The van der Waals surface area contributed by atoms with Gasteiger partial charge in [-0.2, -0.15) is 5.10 Å². The minimum Gasteiger partial charge on any atom is -0.496 e. The predicted octanol–water partition coefficient (Wildman–Crippen LogP) is 2.31. The second kappa shape index (κ2) is 7.11. The van der Waals surface area contributed by atoms with Gasteiger partial charge in [0, 0.05) is 37.0 Å². The van der Waals surface area contributed by atoms with Crippen LogP contribution >= 0.6 is 0 Å². The summed E-state index contributed by atoms with van der Waals surface area (Å²) in [5, 5.41) is 7.32. The Kier molecular flexibility index (Phi) is 4.51. The van der Waals surface area contributed by atoms with Crippen LogP contribution in [0.1, 0.15) is 30.0 Å². The van der Waals surface area contributed by atoms with Gasteiger partial charge in [0.15, 0.2) is 5.65 Å². The van der Waals surface area contributed by atoms with Gasteiger partial charge in [-0.05, 0) is 18.9 Å². The minimum atomic E-state index is 0.141. The molecule has 0 atom stereocenters. The number of piperidine rings is 1. The second-order valence-electron chi connectivity index (χ2n) is 6.51. The van der Waals surface area contributed by atoms with Crippen molar-refractivity contribution >= 4 is 17.1 Å². The maximum Gasteiger partial charge on any atom is 0.227 e. The number of benzene rings is 1. The zero-order chi connectivity index (χ0) is 17.9. The summed E-state index contributed by atoms with van der Waals surface area (Å²) in [5.74, 6) is 1.23. The normalized spacial score (nSPS) is 15.3. The number of para-hydroxylation sites is 1. The summed E-state index contributed by atoms with van der Waals surface area (Å²) in [5.41, 5.74) is 3.45. The van der Waals surface area contributed by atoms with Crippen LogP contribution in [-0.2, 0) is 11.2 Å². The van der Waals surface area contributed by atoms with Crippen molar-refractivity contribution in [1.82, 2.24) is 25.1 Å². The van der Waals surface area contributed by atoms with Crippen LogP contribution in [0.2, 0.25) is 0 Å². The van der Waals surface area contributed by atoms with Crippen molar-refractivity contribution in [3.8, 4) is 5.75 Å². The van der Waals surface area contributed by atoms with Crippen molar-refractivity contribution in [2.45, 2.75) is 25.2 Å². The number of fused-ring (bicyclic) bond motifs is 1. The van der Waals surface area contributed by atoms with Crippen molar-refractivity contribution in [2.75, 3.05) is 20.2 Å². The number of rotatable bonds is 4. The first-order chi connectivity index (χ1) is 12.8. The van der Waals surface area contributed by atoms with Crippen LogP contribution in [0.15, 0.2) is 36.7 Å². The van der Waals surface area contributed by atoms with Crippen LogP contribution in [-0.4, -0.2) is 51.2 Å². The largest absolute Gasteiger partial charge is 0.496 e. The molecule has 4 rings (SSSR count). The molecule has 7 heteroatoms. The molecule has 2 aromatic heterocycles. The highest BCUT2D eigenvalue weighted by Gasteiger charge is 2.27. The average Bonchev–Trinajstić information content (AvgIpc) is 3.12. The van der Waals surface area contributed by atoms with Crippen LogP contribution in [0.3, 0.4) is 0 Å². The third-order valence-electron chi connectivity index (χ3n) is 5.01. The summed E-state index contributed by atoms with van der Waals surface area (Å²) < 4.78 is 5.35. The summed E-state index contributed by atoms with van der Waals surface area (Å²) >= 11 is 0. The van der Waals surface area contributed by atoms with E-state index in [9.17, 15) is 4.79 Å². The zero-order valence-electron chi connectivity index (χ0n) is 14.7. The lowest BCUT2D eigenvalue weighted by atomic mass is 9.92. The third-order valence-corrected chi connectivity index (χ3v) is 5.01. The van der Waals surface area contributed by atoms with E-state index in [0.717, 1.165) is 48.5 Å². The fourth-order valence-electron chi connectivity index (χ4n) is 3.59. The molecule has 0 radical (unpaired) electrons. The topological polar surface area (TPSA) is 84.0 Å². The molecular formula is C19H21N5O2. The number of likely N-dealkylation sites (tertiary alicyclic amines) is 1. The predicted molar refractivity (Wildman–Crippen MR) is 96.9 cm³/mol. The summed E-state index contributed by atoms with van der Waals surface area (Å²) in [6.45, 7) is 1.47. The number of ether oxygens (including phenoxy) is 1. The number of carbonyl (C=O) groups excluding carboxylic acids is 1. The van der Waals surface area contributed by atoms with Crippen molar-refractivity contribution in [1.29, 1.82) is 0 Å². The molecule has 1 aliphatic heterocycles. The van der Waals surface area contributed by atoms with Gasteiger partial charge in [0.2, 0.25) is 5.91 Å². The van der Waals surface area contributed by atoms with E-state index in [2.05, 4.69) is 20.2 Å². The van der Waals surface area contributed by atoms with E-state index in [4.69, 9.17) is 4.74 Å². The first-order valence-electron chi connectivity index (χ1n) is 8.81. The summed E-state index contributed by atoms with van der Waals surface area (Å²) in [6.07, 6.45) is 5.49. The quantitative estimate of drug-likeness (QED) is 0.780. The molecule has 0 aliphatic carbocycles. The highest BCUT2D eigenvalue weighted by molar-refractivity contribution is 5.79. The summed E-state index contributed by atoms with van der Waals surface area (Å²) in [7, 11) is 1.63. The molecular weight excluding hydrogens is 330 g/mol. The molecule has 1 amide bonds. The van der Waals surface area contributed by atoms with Gasteiger partial charge in [0.05, 0.1) is 19.2 Å². The maximum atomic E-state index is 12.7. The van der Waals surface area contributed by atoms with Gasteiger partial charge in [-0.15, -0.1) is 0 Å². The number of hydrogen-bond acceptors (Lipinski definition) is 5. The van der Waals surface area contributed by atoms with Gasteiger partial charge < -0.3 is 9.64 Å². The van der Waals surface area contributed by atoms with E-state index in [1.165, 1.54) is 0 Å². The van der Waals surface area contributed by atoms with E-state index in [1.54, 1.807) is 19.5 Å². The van der Waals surface area contributed by atoms with E-state index in [0.29, 0.717) is 18.0 Å². The Morgan fingerprint density at radius 2 is 2.00 bits per heavy atom. The number of aromatic nitrogens is 4. The number of methoxy groups -OCH3 is 1. The first kappa shape index (κ1) is 16.5. The maximum absolute atomic E-state index is 12.7. The zero-order valence-corrected chi connectivity index (χ0v) is 14.7. The number of amides is 1. The summed E-state index contributed by atoms with van der Waals surface area (Å²) in [4.78, 5) is 23.2. The van der Waals surface area contributed by atoms with E-state index in [1.807, 2.05) is 29.2 Å². The van der Waals surface area contributed by atoms with Gasteiger partial charge in [0.1, 0.15) is 11.3 Å². The Morgan fingerprint density at radius 3 is 2.81 bits per heavy atom. The number of nitrogens with zero attached hydrogens (tertiary/aromatic N) is 4. The van der Waals surface area contributed by atoms with Crippen LogP contribution in [0, 0.1) is 0 Å². The molecule has 0 unspecified atom stereocenters. The Labute approximate surface area is 151 Å². The van der Waals surface area contributed by atoms with Crippen molar-refractivity contribution in [2.24, 2.45) is 0 Å². The molecule has 1 fully saturated rings. The molecule has 0 saturated carbocycles. The van der Waals surface area contributed by atoms with E-state index >= 15 is 0 Å². The van der Waals surface area contributed by atoms with Gasteiger partial charge in [-0.25, -0.2) is 9.97 Å². The molecule has 1 aromatic carbocycles. The molecule has 0 bridgehead atoms. The summed E-state index contributed by atoms with van der Waals surface area (Å²) in [6, 6.07) is 7.68. The lowest BCUT2D eigenvalue weighted by Crippen LogP contribution is -2.38. The monoisotopic (exact) mass is 351 g/mol. The molecule has 0 spiro atoms. The van der Waals surface area contributed by atoms with Crippen molar-refractivity contribution < 1.29 is 9.53 Å². The number of H-pyrrole nitrogens is 1. The van der Waals surface area contributed by atoms with Gasteiger partial charge in [-0.3, -0.25) is 9.89 Å². The Balaban J connectivity index is 1.41. The third kappa shape index (κ3) is 3.12. The Bertz CT molecular complexity index is 915. The van der Waals surface area contributed by atoms with Crippen LogP contribution in [0.25, 0.3) is 11.2 Å². The van der Waals surface area contributed by atoms with Crippen LogP contribution in [0.5, 0.6) is 5.75 Å². The van der Waals surface area contributed by atoms with Crippen LogP contribution < -0.4 is 4.74 Å². The van der Waals surface area contributed by atoms with Gasteiger partial charge >= 0.3 is 0 Å². The average molecular weight is 351 g/mol. The lowest BCUT2D eigenvalue weighted by molar-refractivity contribution is -0.131. The van der Waals surface area contributed by atoms with Crippen molar-refractivity contribution in [3.63, 3.8) is 0 Å². The molecule has 1 saturated heterocycles. The van der Waals surface area contributed by atoms with Gasteiger partial charge in [-0.1, -0.05) is 18.2 Å². The number of nitrogens with one attached hydrogen (secondary N) is 1. The van der Waals surface area contributed by atoms with Gasteiger partial charge in [0.25, 0.3) is 0 Å². The number of hydrogen-bond donors (Lipinski definition) is 1. The molecule has 3 aromatic rings. The fraction of sp³-hybridized carbons (Fsp3) is 0.368. The fourth-order valence-corrected chi connectivity index (χ4v) is 3.59. The first-order valence-corrected chi connectivity index (χ1v) is 8.81. The number of aromatic amines is 1. The van der Waals surface area contributed by atoms with E-state index in [-0.39, 0.29) is 5.91 Å². The van der Waals surface area contributed by atoms with E-state index < -0.39 is 0 Å². The lowest BCUT2D eigenvalue weighted by Gasteiger charge is -2.31. The standard InChI is InChI=1S/C19H21N5O2/c1-26-15-5-3-2-4-14(15)12-16(25)24-10-6-13(7-11-24)17-18-19(23-22-17)21-9-8-20-18/h2-5,8-9,13H,6-7,10-12H2,1H3,(H,21,22,23). The highest BCUT2D eigenvalue weighted by Crippen LogP contribution is 2.30. The Hall–Kier alpha value is -2.96. The molecule has 3 heterocycles. The molecule has 7 nitrogen and oxygen atoms in total. The minimum absolute atomic E-state index is 0.141. The Morgan fingerprint density at radius 1 is 1.23 bits per heavy atom. The highest BCUT2D eigenvalue weighted by atomic mass is 16.5. The van der Waals surface area contributed by atoms with Crippen molar-refractivity contribution in [3.05, 3.63) is 47.9 Å². The SMILES string of the molecule is COc1ccccc1CC(=O)N1CCC(c2[nH]nc3nccnc23)CC1. The molecule has 1 N–H and O–H groups in total. The smallest absolute Gasteiger partial charge is 0.227 e. The molecule has 134 valence electrons. The number of carbonyl (C=O) groups is 1. The second-order valence-corrected chi connectivity index (χ2v) is 6.51.